The minimum Gasteiger partial charge on any atom is -0.490 e. The Bertz CT molecular complexity index is 622. The van der Waals surface area contributed by atoms with Crippen molar-refractivity contribution in [2.45, 2.75) is 44.1 Å². The van der Waals surface area contributed by atoms with Crippen molar-refractivity contribution in [3.63, 3.8) is 0 Å². The minimum absolute atomic E-state index is 0.294. The van der Waals surface area contributed by atoms with E-state index in [-0.39, 0.29) is 11.9 Å². The summed E-state index contributed by atoms with van der Waals surface area (Å²) in [7, 11) is 1.36. The van der Waals surface area contributed by atoms with Crippen molar-refractivity contribution < 1.29 is 23.8 Å². The molecule has 0 atom stereocenters. The Labute approximate surface area is 141 Å². The minimum atomic E-state index is -0.922. The van der Waals surface area contributed by atoms with Gasteiger partial charge in [-0.15, -0.1) is 0 Å². The van der Waals surface area contributed by atoms with Crippen LogP contribution in [0.1, 0.15) is 48.9 Å². The molecule has 130 valence electrons. The quantitative estimate of drug-likeness (QED) is 0.860. The van der Waals surface area contributed by atoms with Crippen molar-refractivity contribution >= 4 is 11.9 Å². The third kappa shape index (κ3) is 3.32. The first kappa shape index (κ1) is 16.6. The van der Waals surface area contributed by atoms with Crippen molar-refractivity contribution in [2.24, 2.45) is 0 Å². The first-order valence-electron chi connectivity index (χ1n) is 8.45. The Morgan fingerprint density at radius 2 is 1.75 bits per heavy atom. The first-order chi connectivity index (χ1) is 11.6. The molecule has 1 aromatic carbocycles. The van der Waals surface area contributed by atoms with Crippen molar-refractivity contribution in [1.29, 1.82) is 0 Å². The van der Waals surface area contributed by atoms with Gasteiger partial charge >= 0.3 is 5.97 Å². The zero-order valence-corrected chi connectivity index (χ0v) is 13.9. The third-order valence-corrected chi connectivity index (χ3v) is 4.65. The van der Waals surface area contributed by atoms with Gasteiger partial charge in [-0.05, 0) is 31.0 Å². The molecule has 1 aromatic rings. The number of rotatable bonds is 3. The number of hydrogen-bond donors (Lipinski definition) is 1. The molecule has 1 heterocycles. The average Bonchev–Trinajstić information content (AvgIpc) is 2.86. The summed E-state index contributed by atoms with van der Waals surface area (Å²) >= 11 is 0. The lowest BCUT2D eigenvalue weighted by Crippen LogP contribution is -2.56. The fourth-order valence-corrected chi connectivity index (χ4v) is 3.32. The van der Waals surface area contributed by atoms with E-state index < -0.39 is 5.54 Å². The molecular formula is C18H23NO5. The molecule has 1 fully saturated rings. The molecule has 1 aliphatic carbocycles. The summed E-state index contributed by atoms with van der Waals surface area (Å²) in [6.07, 6.45) is 4.89. The molecule has 0 bridgehead atoms. The number of benzene rings is 1. The van der Waals surface area contributed by atoms with E-state index in [2.05, 4.69) is 5.32 Å². The van der Waals surface area contributed by atoms with Gasteiger partial charge in [0, 0.05) is 12.0 Å². The molecule has 1 N–H and O–H groups in total. The highest BCUT2D eigenvalue weighted by molar-refractivity contribution is 5.98. The van der Waals surface area contributed by atoms with Gasteiger partial charge in [-0.3, -0.25) is 4.79 Å². The standard InChI is InChI=1S/C18H23NO5/c1-22-17(21)18(8-3-2-4-9-18)19-16(20)13-6-7-14-15(12-13)24-11-5-10-23-14/h6-7,12H,2-5,8-11H2,1H3,(H,19,20). The zero-order chi connectivity index (χ0) is 17.0. The van der Waals surface area contributed by atoms with Gasteiger partial charge in [-0.25, -0.2) is 4.79 Å². The monoisotopic (exact) mass is 333 g/mol. The molecule has 0 spiro atoms. The van der Waals surface area contributed by atoms with Gasteiger partial charge in [-0.2, -0.15) is 0 Å². The lowest BCUT2D eigenvalue weighted by atomic mass is 9.81. The second-order valence-electron chi connectivity index (χ2n) is 6.30. The van der Waals surface area contributed by atoms with E-state index in [4.69, 9.17) is 14.2 Å². The third-order valence-electron chi connectivity index (χ3n) is 4.65. The Kier molecular flexibility index (Phi) is 4.92. The molecule has 0 saturated heterocycles. The SMILES string of the molecule is COC(=O)C1(NC(=O)c2ccc3c(c2)OCCCO3)CCCCC1. The summed E-state index contributed by atoms with van der Waals surface area (Å²) in [6, 6.07) is 5.10. The van der Waals surface area contributed by atoms with Crippen molar-refractivity contribution in [1.82, 2.24) is 5.32 Å². The van der Waals surface area contributed by atoms with E-state index in [1.807, 2.05) is 0 Å². The Morgan fingerprint density at radius 1 is 1.04 bits per heavy atom. The van der Waals surface area contributed by atoms with Crippen LogP contribution in [0.2, 0.25) is 0 Å². The van der Waals surface area contributed by atoms with Crippen molar-refractivity contribution in [3.05, 3.63) is 23.8 Å². The van der Waals surface area contributed by atoms with Crippen LogP contribution in [0.25, 0.3) is 0 Å². The van der Waals surface area contributed by atoms with Crippen molar-refractivity contribution in [3.8, 4) is 11.5 Å². The van der Waals surface area contributed by atoms with E-state index in [0.29, 0.717) is 43.1 Å². The molecule has 0 radical (unpaired) electrons. The number of ether oxygens (including phenoxy) is 3. The van der Waals surface area contributed by atoms with Gasteiger partial charge in [0.15, 0.2) is 11.5 Å². The molecule has 3 rings (SSSR count). The van der Waals surface area contributed by atoms with Gasteiger partial charge < -0.3 is 19.5 Å². The van der Waals surface area contributed by atoms with Gasteiger partial charge in [0.25, 0.3) is 5.91 Å². The van der Waals surface area contributed by atoms with E-state index in [1.165, 1.54) is 7.11 Å². The van der Waals surface area contributed by atoms with Gasteiger partial charge in [0.05, 0.1) is 20.3 Å². The number of fused-ring (bicyclic) bond motifs is 1. The first-order valence-corrected chi connectivity index (χ1v) is 8.45. The van der Waals surface area contributed by atoms with E-state index >= 15 is 0 Å². The molecule has 0 aromatic heterocycles. The predicted molar refractivity (Wildman–Crippen MR) is 87.3 cm³/mol. The summed E-state index contributed by atoms with van der Waals surface area (Å²) in [5.74, 6) is 0.545. The van der Waals surface area contributed by atoms with Gasteiger partial charge in [0.2, 0.25) is 0 Å². The highest BCUT2D eigenvalue weighted by atomic mass is 16.5. The summed E-state index contributed by atoms with van der Waals surface area (Å²) in [6.45, 7) is 1.16. The highest BCUT2D eigenvalue weighted by Gasteiger charge is 2.42. The maximum Gasteiger partial charge on any atom is 0.331 e. The predicted octanol–water partition coefficient (Wildman–Crippen LogP) is 2.45. The van der Waals surface area contributed by atoms with Crippen LogP contribution in [0.4, 0.5) is 0 Å². The number of nitrogens with one attached hydrogen (secondary N) is 1. The second kappa shape index (κ2) is 7.11. The average molecular weight is 333 g/mol. The second-order valence-corrected chi connectivity index (χ2v) is 6.30. The van der Waals surface area contributed by atoms with Crippen LogP contribution < -0.4 is 14.8 Å². The molecule has 6 nitrogen and oxygen atoms in total. The molecule has 1 saturated carbocycles. The lowest BCUT2D eigenvalue weighted by molar-refractivity contribution is -0.149. The number of methoxy groups -OCH3 is 1. The topological polar surface area (TPSA) is 73.9 Å². The summed E-state index contributed by atoms with van der Waals surface area (Å²) in [5.41, 5.74) is -0.470. The zero-order valence-electron chi connectivity index (χ0n) is 13.9. The fourth-order valence-electron chi connectivity index (χ4n) is 3.32. The molecule has 24 heavy (non-hydrogen) atoms. The van der Waals surface area contributed by atoms with Gasteiger partial charge in [-0.1, -0.05) is 19.3 Å². The van der Waals surface area contributed by atoms with Crippen LogP contribution in [-0.4, -0.2) is 37.7 Å². The van der Waals surface area contributed by atoms with Crippen LogP contribution >= 0.6 is 0 Å². The fraction of sp³-hybridized carbons (Fsp3) is 0.556. The van der Waals surface area contributed by atoms with E-state index in [0.717, 1.165) is 25.7 Å². The summed E-state index contributed by atoms with van der Waals surface area (Å²) in [5, 5.41) is 2.91. The number of hydrogen-bond acceptors (Lipinski definition) is 5. The van der Waals surface area contributed by atoms with Crippen LogP contribution in [0.5, 0.6) is 11.5 Å². The summed E-state index contributed by atoms with van der Waals surface area (Å²) < 4.78 is 16.1. The van der Waals surface area contributed by atoms with Crippen LogP contribution in [0.3, 0.4) is 0 Å². The Balaban J connectivity index is 1.80. The van der Waals surface area contributed by atoms with Crippen molar-refractivity contribution in [2.75, 3.05) is 20.3 Å². The van der Waals surface area contributed by atoms with E-state index in [9.17, 15) is 9.59 Å². The molecule has 1 aliphatic heterocycles. The number of carbonyl (C=O) groups is 2. The maximum absolute atomic E-state index is 12.7. The molecule has 0 unspecified atom stereocenters. The number of carbonyl (C=O) groups excluding carboxylic acids is 2. The lowest BCUT2D eigenvalue weighted by Gasteiger charge is -2.35. The Hall–Kier alpha value is -2.24. The van der Waals surface area contributed by atoms with E-state index in [1.54, 1.807) is 18.2 Å². The van der Waals surface area contributed by atoms with Crippen LogP contribution in [0, 0.1) is 0 Å². The number of amides is 1. The molecule has 6 heteroatoms. The largest absolute Gasteiger partial charge is 0.490 e. The number of esters is 1. The van der Waals surface area contributed by atoms with Crippen LogP contribution in [0.15, 0.2) is 18.2 Å². The molecule has 1 amide bonds. The smallest absolute Gasteiger partial charge is 0.331 e. The Morgan fingerprint density at radius 3 is 2.46 bits per heavy atom. The summed E-state index contributed by atoms with van der Waals surface area (Å²) in [4.78, 5) is 24.9. The van der Waals surface area contributed by atoms with Gasteiger partial charge in [0.1, 0.15) is 5.54 Å². The highest BCUT2D eigenvalue weighted by Crippen LogP contribution is 2.32. The maximum atomic E-state index is 12.7. The van der Waals surface area contributed by atoms with Crippen LogP contribution in [-0.2, 0) is 9.53 Å². The normalized spacial score (nSPS) is 19.0. The molecule has 2 aliphatic rings. The molecular weight excluding hydrogens is 310 g/mol.